The van der Waals surface area contributed by atoms with Gasteiger partial charge in [-0.15, -0.1) is 0 Å². The van der Waals surface area contributed by atoms with Crippen molar-refractivity contribution in [2.24, 2.45) is 0 Å². The molecule has 1 atom stereocenters. The molecular weight excluding hydrogens is 446 g/mol. The van der Waals surface area contributed by atoms with Gasteiger partial charge in [0.15, 0.2) is 5.69 Å². The lowest BCUT2D eigenvalue weighted by molar-refractivity contribution is -0.133. The Labute approximate surface area is 206 Å². The number of ether oxygens (including phenoxy) is 1. The van der Waals surface area contributed by atoms with Crippen LogP contribution in [-0.2, 0) is 17.9 Å². The van der Waals surface area contributed by atoms with Crippen molar-refractivity contribution in [1.82, 2.24) is 25.3 Å². The lowest BCUT2D eigenvalue weighted by Crippen LogP contribution is -2.63. The van der Waals surface area contributed by atoms with Crippen molar-refractivity contribution in [3.05, 3.63) is 47.3 Å². The Kier molecular flexibility index (Phi) is 7.42. The molecule has 1 aliphatic carbocycles. The first-order valence-electron chi connectivity index (χ1n) is 12.5. The largest absolute Gasteiger partial charge is 0.494 e. The van der Waals surface area contributed by atoms with Gasteiger partial charge in [0.25, 0.3) is 11.8 Å². The number of amides is 3. The Morgan fingerprint density at radius 2 is 1.83 bits per heavy atom. The number of fused-ring (bicyclic) bond motifs is 1. The fourth-order valence-electron chi connectivity index (χ4n) is 4.75. The van der Waals surface area contributed by atoms with Gasteiger partial charge in [-0.3, -0.25) is 19.1 Å². The monoisotopic (exact) mass is 481 g/mol. The zero-order chi connectivity index (χ0) is 25.0. The Morgan fingerprint density at radius 3 is 2.49 bits per heavy atom. The second kappa shape index (κ2) is 10.5. The fourth-order valence-corrected chi connectivity index (χ4v) is 4.75. The number of rotatable bonds is 7. The zero-order valence-electron chi connectivity index (χ0n) is 20.8. The van der Waals surface area contributed by atoms with E-state index in [0.717, 1.165) is 37.0 Å². The summed E-state index contributed by atoms with van der Waals surface area (Å²) in [6.07, 6.45) is 6.53. The highest BCUT2D eigenvalue weighted by Crippen LogP contribution is 2.27. The van der Waals surface area contributed by atoms with Crippen LogP contribution in [-0.4, -0.2) is 57.6 Å². The maximum Gasteiger partial charge on any atom is 0.272 e. The number of aromatic nitrogens is 2. The van der Waals surface area contributed by atoms with Crippen LogP contribution in [0.25, 0.3) is 0 Å². The van der Waals surface area contributed by atoms with Crippen LogP contribution >= 0.6 is 0 Å². The average molecular weight is 482 g/mol. The van der Waals surface area contributed by atoms with Crippen LogP contribution < -0.4 is 15.4 Å². The van der Waals surface area contributed by atoms with Crippen LogP contribution in [0.4, 0.5) is 0 Å². The highest BCUT2D eigenvalue weighted by molar-refractivity contribution is 6.01. The van der Waals surface area contributed by atoms with Gasteiger partial charge < -0.3 is 20.3 Å². The van der Waals surface area contributed by atoms with E-state index in [4.69, 9.17) is 4.74 Å². The second-order valence-electron chi connectivity index (χ2n) is 9.63. The molecule has 4 rings (SSSR count). The molecule has 3 amide bonds. The number of likely N-dealkylation sites (N-methyl/N-ethyl adjacent to an activating group) is 1. The van der Waals surface area contributed by atoms with Gasteiger partial charge >= 0.3 is 0 Å². The predicted octanol–water partition coefficient (Wildman–Crippen LogP) is 2.90. The molecular formula is C26H35N5O4. The van der Waals surface area contributed by atoms with Gasteiger partial charge in [0.05, 0.1) is 13.2 Å². The van der Waals surface area contributed by atoms with Gasteiger partial charge in [0, 0.05) is 25.7 Å². The number of benzene rings is 1. The molecule has 1 aromatic heterocycles. The van der Waals surface area contributed by atoms with Gasteiger partial charge in [-0.05, 0) is 44.4 Å². The van der Waals surface area contributed by atoms with Crippen molar-refractivity contribution in [3.8, 4) is 5.75 Å². The van der Waals surface area contributed by atoms with E-state index in [0.29, 0.717) is 18.8 Å². The van der Waals surface area contributed by atoms with Crippen molar-refractivity contribution in [2.45, 2.75) is 77.0 Å². The summed E-state index contributed by atoms with van der Waals surface area (Å²) < 4.78 is 6.93. The summed E-state index contributed by atoms with van der Waals surface area (Å²) in [6, 6.07) is 9.12. The van der Waals surface area contributed by atoms with E-state index in [1.807, 2.05) is 31.2 Å². The van der Waals surface area contributed by atoms with Crippen LogP contribution in [0, 0.1) is 0 Å². The van der Waals surface area contributed by atoms with Gasteiger partial charge in [0.1, 0.15) is 17.0 Å². The smallest absolute Gasteiger partial charge is 0.272 e. The van der Waals surface area contributed by atoms with E-state index in [2.05, 4.69) is 15.7 Å². The molecule has 0 spiro atoms. The number of hydrogen-bond donors (Lipinski definition) is 2. The minimum Gasteiger partial charge on any atom is -0.494 e. The summed E-state index contributed by atoms with van der Waals surface area (Å²) >= 11 is 0. The predicted molar refractivity (Wildman–Crippen MR) is 131 cm³/mol. The molecule has 1 aromatic carbocycles. The summed E-state index contributed by atoms with van der Waals surface area (Å²) in [4.78, 5) is 40.7. The zero-order valence-corrected chi connectivity index (χ0v) is 20.8. The van der Waals surface area contributed by atoms with Crippen molar-refractivity contribution < 1.29 is 19.1 Å². The lowest BCUT2D eigenvalue weighted by atomic mass is 9.95. The molecule has 0 saturated heterocycles. The molecule has 1 saturated carbocycles. The highest BCUT2D eigenvalue weighted by Gasteiger charge is 2.46. The van der Waals surface area contributed by atoms with Gasteiger partial charge in [-0.25, -0.2) is 0 Å². The Balaban J connectivity index is 1.43. The molecule has 1 aliphatic heterocycles. The summed E-state index contributed by atoms with van der Waals surface area (Å²) in [6.45, 7) is 4.79. The summed E-state index contributed by atoms with van der Waals surface area (Å²) in [5.74, 6) is -0.102. The maximum absolute atomic E-state index is 13.3. The van der Waals surface area contributed by atoms with Crippen molar-refractivity contribution in [1.29, 1.82) is 0 Å². The highest BCUT2D eigenvalue weighted by atomic mass is 16.5. The molecule has 0 bridgehead atoms. The first kappa shape index (κ1) is 24.8. The van der Waals surface area contributed by atoms with Crippen LogP contribution in [0.2, 0.25) is 0 Å². The number of hydrogen-bond acceptors (Lipinski definition) is 5. The van der Waals surface area contributed by atoms with Gasteiger partial charge in [-0.1, -0.05) is 37.8 Å². The lowest BCUT2D eigenvalue weighted by Gasteiger charge is -2.41. The third kappa shape index (κ3) is 5.33. The summed E-state index contributed by atoms with van der Waals surface area (Å²) in [5, 5.41) is 10.4. The minimum absolute atomic E-state index is 0.133. The Bertz CT molecular complexity index is 1070. The molecule has 188 valence electrons. The Hall–Kier alpha value is -3.36. The topological polar surface area (TPSA) is 106 Å². The standard InChI is InChI=1S/C26H35N5O4/c1-4-35-20-13-11-18(12-14-20)16-27-23(32)21-15-22-24(33)30(3)26(2,17-31(22)29-21)25(34)28-19-9-7-5-6-8-10-19/h11-15,19H,4-10,16-17H2,1-3H3,(H,27,32)(H,28,34)/t26-/m0/s1. The molecule has 2 heterocycles. The van der Waals surface area contributed by atoms with Crippen molar-refractivity contribution in [3.63, 3.8) is 0 Å². The Morgan fingerprint density at radius 1 is 1.14 bits per heavy atom. The van der Waals surface area contributed by atoms with Crippen molar-refractivity contribution in [2.75, 3.05) is 13.7 Å². The van der Waals surface area contributed by atoms with Crippen LogP contribution in [0.15, 0.2) is 30.3 Å². The fraction of sp³-hybridized carbons (Fsp3) is 0.538. The van der Waals surface area contributed by atoms with E-state index in [1.54, 1.807) is 14.0 Å². The minimum atomic E-state index is -1.08. The van der Waals surface area contributed by atoms with E-state index in [1.165, 1.54) is 28.5 Å². The number of nitrogens with one attached hydrogen (secondary N) is 2. The van der Waals surface area contributed by atoms with Crippen molar-refractivity contribution >= 4 is 17.7 Å². The van der Waals surface area contributed by atoms with Gasteiger partial charge in [-0.2, -0.15) is 5.10 Å². The summed E-state index contributed by atoms with van der Waals surface area (Å²) in [5.41, 5.74) is 0.294. The van der Waals surface area contributed by atoms with E-state index < -0.39 is 5.54 Å². The number of nitrogens with zero attached hydrogens (tertiary/aromatic N) is 3. The van der Waals surface area contributed by atoms with E-state index in [-0.39, 0.29) is 36.0 Å². The van der Waals surface area contributed by atoms with Crippen LogP contribution in [0.1, 0.15) is 78.9 Å². The summed E-state index contributed by atoms with van der Waals surface area (Å²) in [7, 11) is 1.64. The molecule has 0 unspecified atom stereocenters. The first-order chi connectivity index (χ1) is 16.8. The normalized spacial score (nSPS) is 20.7. The van der Waals surface area contributed by atoms with Crippen LogP contribution in [0.3, 0.4) is 0 Å². The molecule has 2 aromatic rings. The quantitative estimate of drug-likeness (QED) is 0.592. The molecule has 1 fully saturated rings. The SMILES string of the molecule is CCOc1ccc(CNC(=O)c2cc3n(n2)C[C@@](C)(C(=O)NC2CCCCCC2)N(C)C3=O)cc1. The van der Waals surface area contributed by atoms with E-state index >= 15 is 0 Å². The molecule has 2 N–H and O–H groups in total. The maximum atomic E-state index is 13.3. The number of carbonyl (C=O) groups is 3. The third-order valence-electron chi connectivity index (χ3n) is 7.10. The molecule has 9 heteroatoms. The molecule has 2 aliphatic rings. The second-order valence-corrected chi connectivity index (χ2v) is 9.63. The number of carbonyl (C=O) groups excluding carboxylic acids is 3. The average Bonchev–Trinajstić information content (AvgIpc) is 3.10. The molecule has 9 nitrogen and oxygen atoms in total. The molecule has 35 heavy (non-hydrogen) atoms. The van der Waals surface area contributed by atoms with Gasteiger partial charge in [0.2, 0.25) is 5.91 Å². The molecule has 0 radical (unpaired) electrons. The van der Waals surface area contributed by atoms with Crippen LogP contribution in [0.5, 0.6) is 5.75 Å². The third-order valence-corrected chi connectivity index (χ3v) is 7.10. The van der Waals surface area contributed by atoms with E-state index in [9.17, 15) is 14.4 Å². The first-order valence-corrected chi connectivity index (χ1v) is 12.5.